The van der Waals surface area contributed by atoms with Gasteiger partial charge in [0.15, 0.2) is 0 Å². The van der Waals surface area contributed by atoms with E-state index in [-0.39, 0.29) is 48.9 Å². The van der Waals surface area contributed by atoms with Gasteiger partial charge in [-0.3, -0.25) is 0 Å². The quantitative estimate of drug-likeness (QED) is 0.272. The SMILES string of the molecule is O=S(=O)(c1ccc(Cc2ccccc2)cc1)N1CCC2(CC1)OCCN2S(=O)(=O)c1ccc(Oc2ccccc2)cc1. The second-order valence-corrected chi connectivity index (χ2v) is 14.3. The lowest BCUT2D eigenvalue weighted by atomic mass is 10.0. The molecule has 0 atom stereocenters. The first-order chi connectivity index (χ1) is 20.3. The molecule has 10 heteroatoms. The second kappa shape index (κ2) is 11.6. The highest BCUT2D eigenvalue weighted by Gasteiger charge is 2.51. The molecule has 0 aliphatic carbocycles. The monoisotopic (exact) mass is 604 g/mol. The van der Waals surface area contributed by atoms with Crippen LogP contribution >= 0.6 is 0 Å². The molecule has 2 heterocycles. The number of para-hydroxylation sites is 1. The van der Waals surface area contributed by atoms with Gasteiger partial charge in [0, 0.05) is 32.5 Å². The lowest BCUT2D eigenvalue weighted by molar-refractivity contribution is -0.0806. The van der Waals surface area contributed by atoms with Crippen molar-refractivity contribution in [3.8, 4) is 11.5 Å². The molecule has 0 saturated carbocycles. The minimum Gasteiger partial charge on any atom is -0.457 e. The van der Waals surface area contributed by atoms with E-state index in [0.717, 1.165) is 17.5 Å². The van der Waals surface area contributed by atoms with Gasteiger partial charge in [-0.05, 0) is 66.1 Å². The molecule has 218 valence electrons. The molecule has 6 rings (SSSR count). The zero-order valence-electron chi connectivity index (χ0n) is 23.0. The van der Waals surface area contributed by atoms with Crippen LogP contribution in [0.3, 0.4) is 0 Å². The number of hydrogen-bond acceptors (Lipinski definition) is 6. The molecule has 2 aliphatic heterocycles. The molecule has 42 heavy (non-hydrogen) atoms. The number of hydrogen-bond donors (Lipinski definition) is 0. The Morgan fingerprint density at radius 3 is 1.79 bits per heavy atom. The fourth-order valence-corrected chi connectivity index (χ4v) is 8.76. The average Bonchev–Trinajstić information content (AvgIpc) is 3.42. The summed E-state index contributed by atoms with van der Waals surface area (Å²) in [6.07, 6.45) is 1.21. The molecule has 8 nitrogen and oxygen atoms in total. The number of ether oxygens (including phenoxy) is 2. The van der Waals surface area contributed by atoms with Gasteiger partial charge in [-0.25, -0.2) is 16.8 Å². The molecule has 4 aromatic carbocycles. The third-order valence-electron chi connectivity index (χ3n) is 7.83. The van der Waals surface area contributed by atoms with E-state index in [1.165, 1.54) is 20.7 Å². The smallest absolute Gasteiger partial charge is 0.245 e. The maximum atomic E-state index is 13.7. The van der Waals surface area contributed by atoms with Gasteiger partial charge in [-0.15, -0.1) is 0 Å². The van der Waals surface area contributed by atoms with Gasteiger partial charge < -0.3 is 9.47 Å². The van der Waals surface area contributed by atoms with E-state index < -0.39 is 25.8 Å². The molecule has 2 aliphatic rings. The van der Waals surface area contributed by atoms with Gasteiger partial charge >= 0.3 is 0 Å². The lowest BCUT2D eigenvalue weighted by Crippen LogP contribution is -2.55. The van der Waals surface area contributed by atoms with Crippen molar-refractivity contribution in [3.63, 3.8) is 0 Å². The molecule has 0 amide bonds. The van der Waals surface area contributed by atoms with Crippen LogP contribution in [0.2, 0.25) is 0 Å². The van der Waals surface area contributed by atoms with Crippen molar-refractivity contribution in [3.05, 3.63) is 120 Å². The fourth-order valence-electron chi connectivity index (χ4n) is 5.59. The molecule has 0 radical (unpaired) electrons. The second-order valence-electron chi connectivity index (χ2n) is 10.5. The van der Waals surface area contributed by atoms with Crippen molar-refractivity contribution < 1.29 is 26.3 Å². The van der Waals surface area contributed by atoms with Gasteiger partial charge in [0.2, 0.25) is 20.0 Å². The predicted octanol–water partition coefficient (Wildman–Crippen LogP) is 5.27. The Morgan fingerprint density at radius 2 is 1.14 bits per heavy atom. The summed E-state index contributed by atoms with van der Waals surface area (Å²) in [5.41, 5.74) is 1.10. The van der Waals surface area contributed by atoms with Crippen LogP contribution in [-0.2, 0) is 31.2 Å². The van der Waals surface area contributed by atoms with Gasteiger partial charge in [-0.1, -0.05) is 60.7 Å². The van der Waals surface area contributed by atoms with Gasteiger partial charge in [0.05, 0.1) is 16.4 Å². The van der Waals surface area contributed by atoms with Crippen LogP contribution in [0.1, 0.15) is 24.0 Å². The Balaban J connectivity index is 1.13. The summed E-state index contributed by atoms with van der Waals surface area (Å²) < 4.78 is 69.0. The Hall–Kier alpha value is -3.54. The van der Waals surface area contributed by atoms with Crippen LogP contribution in [0, 0.1) is 0 Å². The molecule has 0 aromatic heterocycles. The van der Waals surface area contributed by atoms with Crippen LogP contribution < -0.4 is 4.74 Å². The van der Waals surface area contributed by atoms with Gasteiger partial charge in [0.25, 0.3) is 0 Å². The summed E-state index contributed by atoms with van der Waals surface area (Å²) >= 11 is 0. The summed E-state index contributed by atoms with van der Waals surface area (Å²) in [6.45, 7) is 0.776. The summed E-state index contributed by atoms with van der Waals surface area (Å²) in [5.74, 6) is 1.18. The van der Waals surface area contributed by atoms with Crippen molar-refractivity contribution >= 4 is 20.0 Å². The third-order valence-corrected chi connectivity index (χ3v) is 11.7. The molecule has 0 unspecified atom stereocenters. The zero-order valence-corrected chi connectivity index (χ0v) is 24.6. The summed E-state index contributed by atoms with van der Waals surface area (Å²) in [4.78, 5) is 0.364. The highest BCUT2D eigenvalue weighted by atomic mass is 32.2. The predicted molar refractivity (Wildman–Crippen MR) is 159 cm³/mol. The van der Waals surface area contributed by atoms with Gasteiger partial charge in [0.1, 0.15) is 17.2 Å². The summed E-state index contributed by atoms with van der Waals surface area (Å²) in [7, 11) is -7.62. The molecular formula is C32H32N2O6S2. The molecule has 0 bridgehead atoms. The van der Waals surface area contributed by atoms with Crippen molar-refractivity contribution in [1.29, 1.82) is 0 Å². The summed E-state index contributed by atoms with van der Waals surface area (Å²) in [6, 6.07) is 32.6. The molecule has 4 aromatic rings. The largest absolute Gasteiger partial charge is 0.457 e. The van der Waals surface area contributed by atoms with Crippen molar-refractivity contribution in [2.75, 3.05) is 26.2 Å². The van der Waals surface area contributed by atoms with Crippen LogP contribution in [0.5, 0.6) is 11.5 Å². The van der Waals surface area contributed by atoms with Crippen molar-refractivity contribution in [2.45, 2.75) is 34.8 Å². The van der Waals surface area contributed by atoms with Crippen LogP contribution in [-0.4, -0.2) is 57.4 Å². The Morgan fingerprint density at radius 1 is 0.619 bits per heavy atom. The highest BCUT2D eigenvalue weighted by molar-refractivity contribution is 7.89. The maximum absolute atomic E-state index is 13.7. The van der Waals surface area contributed by atoms with E-state index in [2.05, 4.69) is 0 Å². The van der Waals surface area contributed by atoms with Gasteiger partial charge in [-0.2, -0.15) is 8.61 Å². The zero-order chi connectivity index (χ0) is 29.2. The molecule has 0 N–H and O–H groups in total. The van der Waals surface area contributed by atoms with E-state index in [1.54, 1.807) is 24.3 Å². The molecule has 2 fully saturated rings. The van der Waals surface area contributed by atoms with E-state index in [9.17, 15) is 16.8 Å². The molecule has 1 spiro atoms. The van der Waals surface area contributed by atoms with Crippen molar-refractivity contribution in [2.24, 2.45) is 0 Å². The van der Waals surface area contributed by atoms with E-state index in [1.807, 2.05) is 72.8 Å². The van der Waals surface area contributed by atoms with Crippen LogP contribution in [0.4, 0.5) is 0 Å². The fraction of sp³-hybridized carbons (Fsp3) is 0.250. The first-order valence-electron chi connectivity index (χ1n) is 13.9. The maximum Gasteiger partial charge on any atom is 0.245 e. The standard InChI is InChI=1S/C32H32N2O6S2/c35-41(36,30-15-11-27(12-16-30)25-26-7-3-1-4-8-26)33-21-19-32(20-22-33)34(23-24-39-32)42(37,38)31-17-13-29(14-18-31)40-28-9-5-2-6-10-28/h1-18H,19-25H2. The number of benzene rings is 4. The first-order valence-corrected chi connectivity index (χ1v) is 16.8. The summed E-state index contributed by atoms with van der Waals surface area (Å²) in [5, 5.41) is 0. The molecule has 2 saturated heterocycles. The number of nitrogens with zero attached hydrogens (tertiary/aromatic N) is 2. The van der Waals surface area contributed by atoms with E-state index >= 15 is 0 Å². The topological polar surface area (TPSA) is 93.2 Å². The minimum absolute atomic E-state index is 0.137. The Labute approximate surface area is 247 Å². The van der Waals surface area contributed by atoms with E-state index in [4.69, 9.17) is 9.47 Å². The lowest BCUT2D eigenvalue weighted by Gasteiger charge is -2.42. The Kier molecular flexibility index (Phi) is 7.91. The van der Waals surface area contributed by atoms with E-state index in [0.29, 0.717) is 11.5 Å². The average molecular weight is 605 g/mol. The number of piperidine rings is 1. The molecular weight excluding hydrogens is 572 g/mol. The van der Waals surface area contributed by atoms with Crippen LogP contribution in [0.15, 0.2) is 119 Å². The normalized spacial score (nSPS) is 17.8. The minimum atomic E-state index is -3.89. The number of sulfonamides is 2. The first kappa shape index (κ1) is 28.6. The van der Waals surface area contributed by atoms with Crippen molar-refractivity contribution in [1.82, 2.24) is 8.61 Å². The Bertz CT molecular complexity index is 1720. The number of rotatable bonds is 8. The van der Waals surface area contributed by atoms with Crippen LogP contribution in [0.25, 0.3) is 0 Å². The highest BCUT2D eigenvalue weighted by Crippen LogP contribution is 2.39. The third kappa shape index (κ3) is 5.73.